The summed E-state index contributed by atoms with van der Waals surface area (Å²) in [5.41, 5.74) is 6.40. The zero-order chi connectivity index (χ0) is 12.7. The van der Waals surface area contributed by atoms with E-state index >= 15 is 0 Å². The first kappa shape index (κ1) is 14.0. The highest BCUT2D eigenvalue weighted by molar-refractivity contribution is 5.30. The minimum atomic E-state index is 0.648. The summed E-state index contributed by atoms with van der Waals surface area (Å²) in [7, 11) is 0. The second-order valence-electron chi connectivity index (χ2n) is 4.68. The number of nitrogens with two attached hydrogens (primary N) is 1. The lowest BCUT2D eigenvalue weighted by molar-refractivity contribution is 0.191. The topological polar surface area (TPSA) is 47.1 Å². The Morgan fingerprint density at radius 2 is 2.18 bits per heavy atom. The predicted molar refractivity (Wildman–Crippen MR) is 72.9 cm³/mol. The van der Waals surface area contributed by atoms with Crippen molar-refractivity contribution < 1.29 is 0 Å². The van der Waals surface area contributed by atoms with Gasteiger partial charge in [-0.15, -0.1) is 0 Å². The van der Waals surface area contributed by atoms with Crippen LogP contribution in [-0.4, -0.2) is 33.8 Å². The first-order valence-corrected chi connectivity index (χ1v) is 6.69. The molecule has 0 saturated carbocycles. The van der Waals surface area contributed by atoms with Gasteiger partial charge in [0.15, 0.2) is 0 Å². The predicted octanol–water partition coefficient (Wildman–Crippen LogP) is 2.37. The Morgan fingerprint density at radius 1 is 1.41 bits per heavy atom. The molecule has 0 aromatic carbocycles. The van der Waals surface area contributed by atoms with Gasteiger partial charge < -0.3 is 5.73 Å². The molecular formula is C13H26N4. The number of nitrogens with zero attached hydrogens (tertiary/aromatic N) is 3. The zero-order valence-corrected chi connectivity index (χ0v) is 11.4. The maximum atomic E-state index is 5.65. The van der Waals surface area contributed by atoms with Crippen molar-refractivity contribution in [3.8, 4) is 0 Å². The number of hydrogen-bond donors (Lipinski definition) is 1. The summed E-state index contributed by atoms with van der Waals surface area (Å²) < 4.78 is 1.93. The van der Waals surface area contributed by atoms with Crippen LogP contribution in [0.4, 0.5) is 5.69 Å². The molecule has 98 valence electrons. The van der Waals surface area contributed by atoms with Crippen LogP contribution in [0.15, 0.2) is 12.4 Å². The molecule has 2 N–H and O–H groups in total. The van der Waals surface area contributed by atoms with E-state index in [0.717, 1.165) is 18.8 Å². The van der Waals surface area contributed by atoms with Crippen LogP contribution in [0.1, 0.15) is 40.0 Å². The van der Waals surface area contributed by atoms with Crippen molar-refractivity contribution in [2.24, 2.45) is 0 Å². The second-order valence-corrected chi connectivity index (χ2v) is 4.68. The first-order chi connectivity index (χ1) is 8.17. The highest BCUT2D eigenvalue weighted by atomic mass is 15.3. The summed E-state index contributed by atoms with van der Waals surface area (Å²) in [6.07, 6.45) is 7.33. The molecule has 1 unspecified atom stereocenters. The van der Waals surface area contributed by atoms with Crippen molar-refractivity contribution in [3.05, 3.63) is 12.4 Å². The van der Waals surface area contributed by atoms with E-state index in [9.17, 15) is 0 Å². The van der Waals surface area contributed by atoms with Crippen molar-refractivity contribution in [1.82, 2.24) is 14.7 Å². The summed E-state index contributed by atoms with van der Waals surface area (Å²) in [6, 6.07) is 0.648. The van der Waals surface area contributed by atoms with Crippen molar-refractivity contribution in [2.45, 2.75) is 52.6 Å². The SMILES string of the molecule is CCCCN(CCn1cc(N)cn1)C(C)CC. The fraction of sp³-hybridized carbons (Fsp3) is 0.769. The van der Waals surface area contributed by atoms with Crippen LogP contribution in [0.3, 0.4) is 0 Å². The van der Waals surface area contributed by atoms with Gasteiger partial charge in [0.25, 0.3) is 0 Å². The Kier molecular flexibility index (Phi) is 6.05. The average molecular weight is 238 g/mol. The normalized spacial score (nSPS) is 13.2. The highest BCUT2D eigenvalue weighted by Crippen LogP contribution is 2.06. The Labute approximate surface area is 105 Å². The fourth-order valence-electron chi connectivity index (χ4n) is 1.90. The van der Waals surface area contributed by atoms with E-state index in [1.54, 1.807) is 6.20 Å². The van der Waals surface area contributed by atoms with Crippen molar-refractivity contribution in [3.63, 3.8) is 0 Å². The third-order valence-corrected chi connectivity index (χ3v) is 3.28. The van der Waals surface area contributed by atoms with E-state index in [-0.39, 0.29) is 0 Å². The molecule has 0 spiro atoms. The molecule has 1 heterocycles. The molecule has 1 aromatic rings. The minimum Gasteiger partial charge on any atom is -0.396 e. The van der Waals surface area contributed by atoms with Gasteiger partial charge in [-0.05, 0) is 26.3 Å². The molecule has 4 nitrogen and oxygen atoms in total. The maximum absolute atomic E-state index is 5.65. The van der Waals surface area contributed by atoms with Crippen LogP contribution in [0, 0.1) is 0 Å². The van der Waals surface area contributed by atoms with E-state index < -0.39 is 0 Å². The monoisotopic (exact) mass is 238 g/mol. The van der Waals surface area contributed by atoms with Gasteiger partial charge in [0.05, 0.1) is 18.4 Å². The average Bonchev–Trinajstić information content (AvgIpc) is 2.74. The van der Waals surface area contributed by atoms with E-state index in [1.165, 1.54) is 25.8 Å². The van der Waals surface area contributed by atoms with Gasteiger partial charge in [-0.2, -0.15) is 5.10 Å². The molecule has 1 aromatic heterocycles. The molecule has 0 aliphatic rings. The minimum absolute atomic E-state index is 0.648. The summed E-state index contributed by atoms with van der Waals surface area (Å²) in [5, 5.41) is 4.22. The van der Waals surface area contributed by atoms with Gasteiger partial charge in [-0.1, -0.05) is 20.3 Å². The van der Waals surface area contributed by atoms with Crippen LogP contribution < -0.4 is 5.73 Å². The van der Waals surface area contributed by atoms with Crippen LogP contribution >= 0.6 is 0 Å². The lowest BCUT2D eigenvalue weighted by atomic mass is 10.2. The Hall–Kier alpha value is -1.03. The number of nitrogen functional groups attached to an aromatic ring is 1. The van der Waals surface area contributed by atoms with Crippen LogP contribution in [-0.2, 0) is 6.54 Å². The summed E-state index contributed by atoms with van der Waals surface area (Å²) in [4.78, 5) is 2.54. The number of unbranched alkanes of at least 4 members (excludes halogenated alkanes) is 1. The lowest BCUT2D eigenvalue weighted by Crippen LogP contribution is -2.36. The third-order valence-electron chi connectivity index (χ3n) is 3.28. The second kappa shape index (κ2) is 7.33. The van der Waals surface area contributed by atoms with Gasteiger partial charge in [-0.25, -0.2) is 0 Å². The van der Waals surface area contributed by atoms with Crippen LogP contribution in [0.25, 0.3) is 0 Å². The molecule has 0 amide bonds. The molecule has 0 saturated heterocycles. The molecular weight excluding hydrogens is 212 g/mol. The largest absolute Gasteiger partial charge is 0.396 e. The smallest absolute Gasteiger partial charge is 0.0719 e. The highest BCUT2D eigenvalue weighted by Gasteiger charge is 2.11. The van der Waals surface area contributed by atoms with E-state index in [2.05, 4.69) is 30.8 Å². The Balaban J connectivity index is 2.42. The van der Waals surface area contributed by atoms with Crippen molar-refractivity contribution in [2.75, 3.05) is 18.8 Å². The van der Waals surface area contributed by atoms with Crippen molar-refractivity contribution >= 4 is 5.69 Å². The Morgan fingerprint density at radius 3 is 2.71 bits per heavy atom. The summed E-state index contributed by atoms with van der Waals surface area (Å²) in [5.74, 6) is 0. The molecule has 0 fully saturated rings. The van der Waals surface area contributed by atoms with E-state index in [4.69, 9.17) is 5.73 Å². The van der Waals surface area contributed by atoms with Gasteiger partial charge in [0.1, 0.15) is 0 Å². The standard InChI is InChI=1S/C13H26N4/c1-4-6-7-16(12(3)5-2)8-9-17-11-13(14)10-15-17/h10-12H,4-9,14H2,1-3H3. The molecule has 1 rings (SSSR count). The van der Waals surface area contributed by atoms with Gasteiger partial charge in [-0.3, -0.25) is 9.58 Å². The lowest BCUT2D eigenvalue weighted by Gasteiger charge is -2.28. The number of rotatable bonds is 8. The summed E-state index contributed by atoms with van der Waals surface area (Å²) >= 11 is 0. The van der Waals surface area contributed by atoms with E-state index in [1.807, 2.05) is 10.9 Å². The third kappa shape index (κ3) is 4.77. The van der Waals surface area contributed by atoms with Gasteiger partial charge >= 0.3 is 0 Å². The zero-order valence-electron chi connectivity index (χ0n) is 11.4. The number of hydrogen-bond acceptors (Lipinski definition) is 3. The first-order valence-electron chi connectivity index (χ1n) is 6.69. The molecule has 0 aliphatic carbocycles. The molecule has 0 bridgehead atoms. The molecule has 0 radical (unpaired) electrons. The van der Waals surface area contributed by atoms with Crippen molar-refractivity contribution in [1.29, 1.82) is 0 Å². The number of aromatic nitrogens is 2. The van der Waals surface area contributed by atoms with E-state index in [0.29, 0.717) is 6.04 Å². The molecule has 1 atom stereocenters. The molecule has 17 heavy (non-hydrogen) atoms. The fourth-order valence-corrected chi connectivity index (χ4v) is 1.90. The Bertz CT molecular complexity index is 308. The van der Waals surface area contributed by atoms with Gasteiger partial charge in [0, 0.05) is 18.8 Å². The quantitative estimate of drug-likeness (QED) is 0.756. The number of anilines is 1. The maximum Gasteiger partial charge on any atom is 0.0719 e. The molecule has 0 aliphatic heterocycles. The molecule has 4 heteroatoms. The van der Waals surface area contributed by atoms with Gasteiger partial charge in [0.2, 0.25) is 0 Å². The van der Waals surface area contributed by atoms with Crippen LogP contribution in [0.5, 0.6) is 0 Å². The summed E-state index contributed by atoms with van der Waals surface area (Å²) in [6.45, 7) is 9.94. The van der Waals surface area contributed by atoms with Crippen LogP contribution in [0.2, 0.25) is 0 Å².